The number of hydrogen-bond acceptors (Lipinski definition) is 3. The molecular formula is C15H30N2O. The van der Waals surface area contributed by atoms with Crippen LogP contribution in [-0.4, -0.2) is 49.8 Å². The van der Waals surface area contributed by atoms with Gasteiger partial charge in [0, 0.05) is 19.1 Å². The van der Waals surface area contributed by atoms with E-state index in [2.05, 4.69) is 24.1 Å². The Morgan fingerprint density at radius 1 is 1.33 bits per heavy atom. The van der Waals surface area contributed by atoms with E-state index in [-0.39, 0.29) is 0 Å². The predicted molar refractivity (Wildman–Crippen MR) is 75.9 cm³/mol. The molecule has 0 spiro atoms. The minimum absolute atomic E-state index is 0.531. The van der Waals surface area contributed by atoms with Crippen molar-refractivity contribution in [2.75, 3.05) is 32.8 Å². The van der Waals surface area contributed by atoms with Crippen molar-refractivity contribution in [3.63, 3.8) is 0 Å². The highest BCUT2D eigenvalue weighted by atomic mass is 16.5. The first-order valence-corrected chi connectivity index (χ1v) is 7.87. The van der Waals surface area contributed by atoms with Crippen molar-refractivity contribution in [1.82, 2.24) is 10.2 Å². The van der Waals surface area contributed by atoms with Crippen LogP contribution in [0.2, 0.25) is 0 Å². The first kappa shape index (κ1) is 14.3. The van der Waals surface area contributed by atoms with Crippen LogP contribution < -0.4 is 5.32 Å². The van der Waals surface area contributed by atoms with Gasteiger partial charge in [-0.15, -0.1) is 0 Å². The van der Waals surface area contributed by atoms with Crippen molar-refractivity contribution in [2.45, 2.75) is 58.1 Å². The van der Waals surface area contributed by atoms with Gasteiger partial charge in [-0.25, -0.2) is 0 Å². The first-order chi connectivity index (χ1) is 8.81. The molecule has 2 rings (SSSR count). The summed E-state index contributed by atoms with van der Waals surface area (Å²) in [5.41, 5.74) is 0. The number of fused-ring (bicyclic) bond motifs is 1. The lowest BCUT2D eigenvalue weighted by Crippen LogP contribution is -2.54. The molecule has 0 radical (unpaired) electrons. The van der Waals surface area contributed by atoms with Crippen LogP contribution in [0.4, 0.5) is 0 Å². The summed E-state index contributed by atoms with van der Waals surface area (Å²) < 4.78 is 5.93. The van der Waals surface area contributed by atoms with E-state index in [1.807, 2.05) is 0 Å². The Morgan fingerprint density at radius 2 is 2.17 bits per heavy atom. The fourth-order valence-electron chi connectivity index (χ4n) is 3.39. The zero-order valence-corrected chi connectivity index (χ0v) is 12.2. The molecule has 3 atom stereocenters. The monoisotopic (exact) mass is 254 g/mol. The van der Waals surface area contributed by atoms with E-state index in [9.17, 15) is 0 Å². The SMILES string of the molecule is CCCNCC(C)CN1CCOC2CCCCC21. The van der Waals surface area contributed by atoms with Crippen molar-refractivity contribution in [3.8, 4) is 0 Å². The maximum absolute atomic E-state index is 5.93. The molecule has 2 aliphatic rings. The highest BCUT2D eigenvalue weighted by Crippen LogP contribution is 2.28. The number of nitrogens with one attached hydrogen (secondary N) is 1. The number of hydrogen-bond donors (Lipinski definition) is 1. The van der Waals surface area contributed by atoms with Crippen molar-refractivity contribution in [3.05, 3.63) is 0 Å². The molecule has 1 heterocycles. The third kappa shape index (κ3) is 3.94. The van der Waals surface area contributed by atoms with Crippen molar-refractivity contribution in [2.24, 2.45) is 5.92 Å². The van der Waals surface area contributed by atoms with Crippen LogP contribution >= 0.6 is 0 Å². The fraction of sp³-hybridized carbons (Fsp3) is 1.00. The smallest absolute Gasteiger partial charge is 0.0730 e. The van der Waals surface area contributed by atoms with E-state index in [0.717, 1.165) is 32.2 Å². The molecule has 106 valence electrons. The van der Waals surface area contributed by atoms with E-state index in [0.29, 0.717) is 12.1 Å². The van der Waals surface area contributed by atoms with E-state index >= 15 is 0 Å². The maximum Gasteiger partial charge on any atom is 0.0730 e. The summed E-state index contributed by atoms with van der Waals surface area (Å²) in [7, 11) is 0. The van der Waals surface area contributed by atoms with Crippen LogP contribution in [0.15, 0.2) is 0 Å². The molecule has 3 unspecified atom stereocenters. The zero-order chi connectivity index (χ0) is 12.8. The molecule has 0 aromatic heterocycles. The Bertz CT molecular complexity index is 233. The molecular weight excluding hydrogens is 224 g/mol. The molecule has 18 heavy (non-hydrogen) atoms. The number of ether oxygens (including phenoxy) is 1. The topological polar surface area (TPSA) is 24.5 Å². The molecule has 3 heteroatoms. The summed E-state index contributed by atoms with van der Waals surface area (Å²) in [6, 6.07) is 0.709. The number of rotatable bonds is 6. The van der Waals surface area contributed by atoms with Gasteiger partial charge in [-0.3, -0.25) is 4.90 Å². The molecule has 1 saturated heterocycles. The molecule has 0 aromatic rings. The summed E-state index contributed by atoms with van der Waals surface area (Å²) in [6.45, 7) is 10.2. The third-order valence-corrected chi connectivity index (χ3v) is 4.31. The number of nitrogens with zero attached hydrogens (tertiary/aromatic N) is 1. The number of morpholine rings is 1. The standard InChI is InChI=1S/C15H30N2O/c1-3-8-16-11-13(2)12-17-9-10-18-15-7-5-4-6-14(15)17/h13-16H,3-12H2,1-2H3. The molecule has 1 aliphatic heterocycles. The zero-order valence-electron chi connectivity index (χ0n) is 12.2. The Hall–Kier alpha value is -0.120. The van der Waals surface area contributed by atoms with E-state index < -0.39 is 0 Å². The molecule has 1 N–H and O–H groups in total. The highest BCUT2D eigenvalue weighted by Gasteiger charge is 2.34. The summed E-state index contributed by atoms with van der Waals surface area (Å²) in [5.74, 6) is 0.747. The van der Waals surface area contributed by atoms with Crippen molar-refractivity contribution >= 4 is 0 Å². The quantitative estimate of drug-likeness (QED) is 0.736. The van der Waals surface area contributed by atoms with Gasteiger partial charge in [-0.1, -0.05) is 26.7 Å². The molecule has 1 aliphatic carbocycles. The molecule has 2 fully saturated rings. The largest absolute Gasteiger partial charge is 0.375 e. The minimum Gasteiger partial charge on any atom is -0.375 e. The Morgan fingerprint density at radius 3 is 3.00 bits per heavy atom. The van der Waals surface area contributed by atoms with Gasteiger partial charge in [-0.05, 0) is 38.3 Å². The van der Waals surface area contributed by atoms with Gasteiger partial charge >= 0.3 is 0 Å². The van der Waals surface area contributed by atoms with Gasteiger partial charge in [0.2, 0.25) is 0 Å². The predicted octanol–water partition coefficient (Wildman–Crippen LogP) is 2.27. The van der Waals surface area contributed by atoms with Gasteiger partial charge in [0.15, 0.2) is 0 Å². The van der Waals surface area contributed by atoms with Gasteiger partial charge in [-0.2, -0.15) is 0 Å². The summed E-state index contributed by atoms with van der Waals surface area (Å²) in [5, 5.41) is 3.54. The summed E-state index contributed by atoms with van der Waals surface area (Å²) >= 11 is 0. The molecule has 0 amide bonds. The average Bonchev–Trinajstić information content (AvgIpc) is 2.39. The second-order valence-corrected chi connectivity index (χ2v) is 6.07. The van der Waals surface area contributed by atoms with Crippen LogP contribution in [0.1, 0.15) is 46.0 Å². The normalized spacial score (nSPS) is 31.0. The fourth-order valence-corrected chi connectivity index (χ4v) is 3.39. The Balaban J connectivity index is 1.76. The van der Waals surface area contributed by atoms with E-state index in [1.165, 1.54) is 38.6 Å². The maximum atomic E-state index is 5.93. The lowest BCUT2D eigenvalue weighted by molar-refractivity contribution is -0.0913. The molecule has 1 saturated carbocycles. The third-order valence-electron chi connectivity index (χ3n) is 4.31. The van der Waals surface area contributed by atoms with Crippen LogP contribution in [0.3, 0.4) is 0 Å². The van der Waals surface area contributed by atoms with Gasteiger partial charge < -0.3 is 10.1 Å². The summed E-state index contributed by atoms with van der Waals surface area (Å²) in [4.78, 5) is 2.70. The van der Waals surface area contributed by atoms with Crippen molar-refractivity contribution in [1.29, 1.82) is 0 Å². The van der Waals surface area contributed by atoms with Gasteiger partial charge in [0.25, 0.3) is 0 Å². The second kappa shape index (κ2) is 7.46. The van der Waals surface area contributed by atoms with E-state index in [4.69, 9.17) is 4.74 Å². The first-order valence-electron chi connectivity index (χ1n) is 7.87. The lowest BCUT2D eigenvalue weighted by Gasteiger charge is -2.44. The second-order valence-electron chi connectivity index (χ2n) is 6.07. The van der Waals surface area contributed by atoms with Crippen LogP contribution in [0.25, 0.3) is 0 Å². The van der Waals surface area contributed by atoms with Gasteiger partial charge in [0.05, 0.1) is 12.7 Å². The van der Waals surface area contributed by atoms with Crippen LogP contribution in [0, 0.1) is 5.92 Å². The van der Waals surface area contributed by atoms with Gasteiger partial charge in [0.1, 0.15) is 0 Å². The van der Waals surface area contributed by atoms with Crippen LogP contribution in [-0.2, 0) is 4.74 Å². The minimum atomic E-state index is 0.531. The van der Waals surface area contributed by atoms with Crippen LogP contribution in [0.5, 0.6) is 0 Å². The molecule has 3 nitrogen and oxygen atoms in total. The van der Waals surface area contributed by atoms with E-state index in [1.54, 1.807) is 0 Å². The molecule has 0 aromatic carbocycles. The Kier molecular flexibility index (Phi) is 5.93. The van der Waals surface area contributed by atoms with Crippen molar-refractivity contribution < 1.29 is 4.74 Å². The Labute approximate surface area is 112 Å². The molecule has 0 bridgehead atoms. The highest BCUT2D eigenvalue weighted by molar-refractivity contribution is 4.88. The average molecular weight is 254 g/mol. The summed E-state index contributed by atoms with van der Waals surface area (Å²) in [6.07, 6.45) is 7.15. The lowest BCUT2D eigenvalue weighted by atomic mass is 9.89.